The van der Waals surface area contributed by atoms with Gasteiger partial charge in [-0.2, -0.15) is 0 Å². The fourth-order valence-corrected chi connectivity index (χ4v) is 3.43. The Morgan fingerprint density at radius 3 is 2.32 bits per heavy atom. The molecule has 0 fully saturated rings. The first-order valence-corrected chi connectivity index (χ1v) is 10.2. The number of nitrogens with two attached hydrogens (primary N) is 1. The SMILES string of the molecule is Cc1cc(-c2ccc(CC(=O)Nc3ccc(-c4cccc(CN)c4)cn3)cc2)ccn1. The standard InChI is InChI=1S/C26H24N4O/c1-18-13-23(11-12-28-18)21-7-5-19(6-8-21)15-26(31)30-25-10-9-24(17-29-25)22-4-2-3-20(14-22)16-27/h2-14,17H,15-16,27H2,1H3,(H,29,30,31). The summed E-state index contributed by atoms with van der Waals surface area (Å²) in [5.74, 6) is 0.436. The van der Waals surface area contributed by atoms with E-state index in [1.807, 2.05) is 79.7 Å². The van der Waals surface area contributed by atoms with Gasteiger partial charge in [0.05, 0.1) is 6.42 Å². The molecule has 154 valence electrons. The lowest BCUT2D eigenvalue weighted by Gasteiger charge is -2.08. The molecule has 2 aromatic carbocycles. The third-order valence-electron chi connectivity index (χ3n) is 5.08. The third-order valence-corrected chi connectivity index (χ3v) is 5.08. The molecule has 3 N–H and O–H groups in total. The van der Waals surface area contributed by atoms with Crippen LogP contribution < -0.4 is 11.1 Å². The minimum Gasteiger partial charge on any atom is -0.326 e. The molecule has 0 radical (unpaired) electrons. The Morgan fingerprint density at radius 2 is 1.61 bits per heavy atom. The normalized spacial score (nSPS) is 10.6. The van der Waals surface area contributed by atoms with Crippen LogP contribution in [0.25, 0.3) is 22.3 Å². The van der Waals surface area contributed by atoms with Crippen LogP contribution in [0.3, 0.4) is 0 Å². The minimum atomic E-state index is -0.0992. The largest absolute Gasteiger partial charge is 0.326 e. The van der Waals surface area contributed by atoms with Gasteiger partial charge in [-0.15, -0.1) is 0 Å². The summed E-state index contributed by atoms with van der Waals surface area (Å²) in [4.78, 5) is 21.1. The second kappa shape index (κ2) is 9.32. The van der Waals surface area contributed by atoms with Crippen LogP contribution in [0.15, 0.2) is 85.2 Å². The highest BCUT2D eigenvalue weighted by molar-refractivity contribution is 5.91. The van der Waals surface area contributed by atoms with E-state index in [1.54, 1.807) is 12.4 Å². The molecule has 5 nitrogen and oxygen atoms in total. The zero-order valence-electron chi connectivity index (χ0n) is 17.4. The van der Waals surface area contributed by atoms with Gasteiger partial charge in [0.1, 0.15) is 5.82 Å². The number of nitrogens with one attached hydrogen (secondary N) is 1. The van der Waals surface area contributed by atoms with Crippen LogP contribution >= 0.6 is 0 Å². The van der Waals surface area contributed by atoms with E-state index in [9.17, 15) is 4.79 Å². The van der Waals surface area contributed by atoms with Crippen molar-refractivity contribution in [2.45, 2.75) is 19.9 Å². The number of aromatic nitrogens is 2. The van der Waals surface area contributed by atoms with Crippen LogP contribution in [0.1, 0.15) is 16.8 Å². The van der Waals surface area contributed by atoms with E-state index in [4.69, 9.17) is 5.73 Å². The van der Waals surface area contributed by atoms with Gasteiger partial charge in [0, 0.05) is 30.2 Å². The second-order valence-electron chi connectivity index (χ2n) is 7.44. The van der Waals surface area contributed by atoms with Crippen molar-refractivity contribution in [1.29, 1.82) is 0 Å². The molecule has 0 aliphatic carbocycles. The van der Waals surface area contributed by atoms with Gasteiger partial charge in [-0.3, -0.25) is 9.78 Å². The Hall–Kier alpha value is -3.83. The molecule has 0 bridgehead atoms. The van der Waals surface area contributed by atoms with Gasteiger partial charge in [-0.05, 0) is 65.1 Å². The molecule has 0 unspecified atom stereocenters. The zero-order chi connectivity index (χ0) is 21.6. The molecule has 1 amide bonds. The molecule has 0 saturated carbocycles. The third kappa shape index (κ3) is 5.21. The number of nitrogens with zero attached hydrogens (tertiary/aromatic N) is 2. The van der Waals surface area contributed by atoms with Crippen LogP contribution in [-0.2, 0) is 17.8 Å². The van der Waals surface area contributed by atoms with Gasteiger partial charge in [0.2, 0.25) is 5.91 Å². The van der Waals surface area contributed by atoms with Gasteiger partial charge in [-0.1, -0.05) is 42.5 Å². The smallest absolute Gasteiger partial charge is 0.229 e. The molecule has 2 aromatic heterocycles. The number of amides is 1. The summed E-state index contributed by atoms with van der Waals surface area (Å²) in [6.45, 7) is 2.47. The van der Waals surface area contributed by atoms with Gasteiger partial charge in [0.15, 0.2) is 0 Å². The van der Waals surface area contributed by atoms with E-state index in [0.717, 1.165) is 39.1 Å². The fraction of sp³-hybridized carbons (Fsp3) is 0.115. The lowest BCUT2D eigenvalue weighted by atomic mass is 10.0. The summed E-state index contributed by atoms with van der Waals surface area (Å²) in [6, 6.07) is 23.8. The number of hydrogen-bond donors (Lipinski definition) is 2. The Morgan fingerprint density at radius 1 is 0.839 bits per heavy atom. The quantitative estimate of drug-likeness (QED) is 0.482. The Labute approximate surface area is 182 Å². The highest BCUT2D eigenvalue weighted by Gasteiger charge is 2.07. The van der Waals surface area contributed by atoms with Crippen molar-refractivity contribution in [2.75, 3.05) is 5.32 Å². The first-order valence-electron chi connectivity index (χ1n) is 10.2. The van der Waals surface area contributed by atoms with Crippen molar-refractivity contribution in [1.82, 2.24) is 9.97 Å². The molecule has 4 rings (SSSR count). The molecule has 0 spiro atoms. The topological polar surface area (TPSA) is 80.9 Å². The average Bonchev–Trinajstić information content (AvgIpc) is 2.80. The lowest BCUT2D eigenvalue weighted by Crippen LogP contribution is -2.15. The maximum Gasteiger partial charge on any atom is 0.229 e. The molecular weight excluding hydrogens is 384 g/mol. The summed E-state index contributed by atoms with van der Waals surface area (Å²) in [7, 11) is 0. The summed E-state index contributed by atoms with van der Waals surface area (Å²) in [5.41, 5.74) is 13.0. The van der Waals surface area contributed by atoms with E-state index in [-0.39, 0.29) is 12.3 Å². The minimum absolute atomic E-state index is 0.0992. The molecule has 0 aliphatic heterocycles. The molecular formula is C26H24N4O. The predicted octanol–water partition coefficient (Wildman–Crippen LogP) is 4.76. The van der Waals surface area contributed by atoms with Gasteiger partial charge in [0.25, 0.3) is 0 Å². The zero-order valence-corrected chi connectivity index (χ0v) is 17.4. The highest BCUT2D eigenvalue weighted by Crippen LogP contribution is 2.22. The maximum atomic E-state index is 12.4. The molecule has 0 aliphatic rings. The van der Waals surface area contributed by atoms with Gasteiger partial charge >= 0.3 is 0 Å². The number of anilines is 1. The van der Waals surface area contributed by atoms with Gasteiger partial charge < -0.3 is 11.1 Å². The van der Waals surface area contributed by atoms with E-state index in [2.05, 4.69) is 15.3 Å². The number of rotatable bonds is 6. The summed E-state index contributed by atoms with van der Waals surface area (Å²) < 4.78 is 0. The number of pyridine rings is 2. The van der Waals surface area contributed by atoms with E-state index in [1.165, 1.54) is 0 Å². The first kappa shape index (κ1) is 20.4. The predicted molar refractivity (Wildman–Crippen MR) is 124 cm³/mol. The van der Waals surface area contributed by atoms with Crippen molar-refractivity contribution in [3.8, 4) is 22.3 Å². The summed E-state index contributed by atoms with van der Waals surface area (Å²) >= 11 is 0. The van der Waals surface area contributed by atoms with Crippen LogP contribution in [0.5, 0.6) is 0 Å². The van der Waals surface area contributed by atoms with E-state index >= 15 is 0 Å². The highest BCUT2D eigenvalue weighted by atomic mass is 16.1. The molecule has 31 heavy (non-hydrogen) atoms. The summed E-state index contributed by atoms with van der Waals surface area (Å²) in [6.07, 6.45) is 3.85. The Kier molecular flexibility index (Phi) is 6.15. The molecule has 2 heterocycles. The van der Waals surface area contributed by atoms with E-state index < -0.39 is 0 Å². The van der Waals surface area contributed by atoms with Crippen molar-refractivity contribution in [3.63, 3.8) is 0 Å². The number of aryl methyl sites for hydroxylation is 1. The average molecular weight is 409 g/mol. The Balaban J connectivity index is 1.38. The number of hydrogen-bond acceptors (Lipinski definition) is 4. The van der Waals surface area contributed by atoms with E-state index in [0.29, 0.717) is 12.4 Å². The van der Waals surface area contributed by atoms with Crippen molar-refractivity contribution in [3.05, 3.63) is 102 Å². The molecule has 4 aromatic rings. The van der Waals surface area contributed by atoms with Crippen LogP contribution in [-0.4, -0.2) is 15.9 Å². The number of benzene rings is 2. The van der Waals surface area contributed by atoms with Gasteiger partial charge in [-0.25, -0.2) is 4.98 Å². The van der Waals surface area contributed by atoms with Crippen LogP contribution in [0.4, 0.5) is 5.82 Å². The molecule has 5 heteroatoms. The Bertz CT molecular complexity index is 1180. The first-order chi connectivity index (χ1) is 15.1. The second-order valence-corrected chi connectivity index (χ2v) is 7.44. The lowest BCUT2D eigenvalue weighted by molar-refractivity contribution is -0.115. The number of carbonyl (C=O) groups is 1. The van der Waals surface area contributed by atoms with Crippen LogP contribution in [0, 0.1) is 6.92 Å². The maximum absolute atomic E-state index is 12.4. The molecule has 0 atom stereocenters. The summed E-state index contributed by atoms with van der Waals surface area (Å²) in [5, 5.41) is 2.87. The van der Waals surface area contributed by atoms with Crippen molar-refractivity contribution >= 4 is 11.7 Å². The number of carbonyl (C=O) groups excluding carboxylic acids is 1. The monoisotopic (exact) mass is 408 g/mol. The van der Waals surface area contributed by atoms with Crippen LogP contribution in [0.2, 0.25) is 0 Å². The van der Waals surface area contributed by atoms with Crippen molar-refractivity contribution in [2.24, 2.45) is 5.73 Å². The molecule has 0 saturated heterocycles. The van der Waals surface area contributed by atoms with Crippen molar-refractivity contribution < 1.29 is 4.79 Å². The fourth-order valence-electron chi connectivity index (χ4n) is 3.43.